The molecule has 0 aliphatic heterocycles. The number of hydrogen-bond donors (Lipinski definition) is 1. The van der Waals surface area contributed by atoms with Crippen LogP contribution >= 0.6 is 0 Å². The van der Waals surface area contributed by atoms with E-state index in [1.165, 1.54) is 12.4 Å². The Kier molecular flexibility index (Phi) is 3.88. The molecule has 1 heterocycles. The lowest BCUT2D eigenvalue weighted by Gasteiger charge is -2.22. The first-order valence-electron chi connectivity index (χ1n) is 6.88. The Morgan fingerprint density at radius 3 is 3.10 bits per heavy atom. The van der Waals surface area contributed by atoms with Crippen LogP contribution < -0.4 is 4.74 Å². The van der Waals surface area contributed by atoms with Crippen molar-refractivity contribution in [3.8, 4) is 5.75 Å². The molecule has 0 amide bonds. The largest absolute Gasteiger partial charge is 0.486 e. The Morgan fingerprint density at radius 2 is 2.29 bits per heavy atom. The molecule has 1 aromatic carbocycles. The fourth-order valence-corrected chi connectivity index (χ4v) is 2.62. The minimum Gasteiger partial charge on any atom is -0.486 e. The van der Waals surface area contributed by atoms with Crippen molar-refractivity contribution in [2.75, 3.05) is 0 Å². The van der Waals surface area contributed by atoms with Crippen molar-refractivity contribution in [1.82, 2.24) is 9.55 Å². The van der Waals surface area contributed by atoms with Gasteiger partial charge in [-0.1, -0.05) is 6.07 Å². The normalized spacial score (nSPS) is 17.8. The van der Waals surface area contributed by atoms with Gasteiger partial charge in [0.25, 0.3) is 0 Å². The zero-order valence-electron chi connectivity index (χ0n) is 11.4. The van der Waals surface area contributed by atoms with Gasteiger partial charge in [0.05, 0.1) is 6.10 Å². The van der Waals surface area contributed by atoms with Gasteiger partial charge in [-0.05, 0) is 42.5 Å². The number of alkyl halides is 2. The van der Waals surface area contributed by atoms with Crippen LogP contribution in [0.4, 0.5) is 8.78 Å². The number of ether oxygens (including phenoxy) is 1. The molecule has 6 heteroatoms. The van der Waals surface area contributed by atoms with Crippen LogP contribution in [-0.2, 0) is 13.0 Å². The van der Waals surface area contributed by atoms with Crippen LogP contribution in [0, 0.1) is 0 Å². The second-order valence-corrected chi connectivity index (χ2v) is 5.09. The number of benzene rings is 1. The molecular formula is C15H16F2N2O2. The van der Waals surface area contributed by atoms with E-state index in [0.29, 0.717) is 5.75 Å². The summed E-state index contributed by atoms with van der Waals surface area (Å²) in [4.78, 5) is 3.86. The van der Waals surface area contributed by atoms with Crippen molar-refractivity contribution in [2.45, 2.75) is 38.5 Å². The van der Waals surface area contributed by atoms with Crippen LogP contribution in [0.2, 0.25) is 0 Å². The first-order chi connectivity index (χ1) is 10.1. The van der Waals surface area contributed by atoms with E-state index in [1.54, 1.807) is 12.1 Å². The second-order valence-electron chi connectivity index (χ2n) is 5.09. The summed E-state index contributed by atoms with van der Waals surface area (Å²) >= 11 is 0. The predicted molar refractivity (Wildman–Crippen MR) is 72.2 cm³/mol. The Labute approximate surface area is 121 Å². The molecule has 1 aliphatic rings. The van der Waals surface area contributed by atoms with Crippen molar-refractivity contribution in [3.05, 3.63) is 47.5 Å². The number of nitrogens with zero attached hydrogens (tertiary/aromatic N) is 2. The summed E-state index contributed by atoms with van der Waals surface area (Å²) in [5, 5.41) is 9.98. The number of imidazole rings is 1. The van der Waals surface area contributed by atoms with E-state index in [9.17, 15) is 13.9 Å². The van der Waals surface area contributed by atoms with E-state index < -0.39 is 12.7 Å². The summed E-state index contributed by atoms with van der Waals surface area (Å²) in [6.45, 7) is -2.66. The van der Waals surface area contributed by atoms with Crippen LogP contribution in [0.25, 0.3) is 0 Å². The van der Waals surface area contributed by atoms with Gasteiger partial charge in [0.1, 0.15) is 12.4 Å². The molecule has 1 aliphatic carbocycles. The quantitative estimate of drug-likeness (QED) is 0.941. The number of rotatable bonds is 4. The lowest BCUT2D eigenvalue weighted by Crippen LogP contribution is -2.10. The standard InChI is InChI=1S/C15H16F2N2O2/c16-15(17)19-7-6-18-14(19)9-21-11-5-4-10-2-1-3-13(20)12(10)8-11/h4-8,13,15,20H,1-3,9H2/t13-/m0/s1. The van der Waals surface area contributed by atoms with Crippen molar-refractivity contribution >= 4 is 0 Å². The van der Waals surface area contributed by atoms with Crippen LogP contribution in [0.15, 0.2) is 30.6 Å². The maximum absolute atomic E-state index is 12.7. The van der Waals surface area contributed by atoms with Gasteiger partial charge >= 0.3 is 6.55 Å². The smallest absolute Gasteiger partial charge is 0.320 e. The van der Waals surface area contributed by atoms with Crippen molar-refractivity contribution in [2.24, 2.45) is 0 Å². The summed E-state index contributed by atoms with van der Waals surface area (Å²) in [5.74, 6) is 0.724. The average molecular weight is 294 g/mol. The average Bonchev–Trinajstić information content (AvgIpc) is 2.94. The van der Waals surface area contributed by atoms with Crippen molar-refractivity contribution < 1.29 is 18.6 Å². The first kappa shape index (κ1) is 14.0. The highest BCUT2D eigenvalue weighted by Crippen LogP contribution is 2.32. The van der Waals surface area contributed by atoms with Crippen molar-refractivity contribution in [3.63, 3.8) is 0 Å². The number of aryl methyl sites for hydroxylation is 1. The Balaban J connectivity index is 1.74. The minimum atomic E-state index is -2.63. The molecule has 0 unspecified atom stereocenters. The van der Waals surface area contributed by atoms with Crippen LogP contribution in [0.5, 0.6) is 5.75 Å². The van der Waals surface area contributed by atoms with Crippen LogP contribution in [0.1, 0.15) is 42.4 Å². The number of halogens is 2. The molecule has 0 radical (unpaired) electrons. The zero-order chi connectivity index (χ0) is 14.8. The fourth-order valence-electron chi connectivity index (χ4n) is 2.62. The number of aliphatic hydroxyl groups excluding tert-OH is 1. The summed E-state index contributed by atoms with van der Waals surface area (Å²) in [6.07, 6.45) is 4.73. The molecule has 0 saturated heterocycles. The van der Waals surface area contributed by atoms with Crippen LogP contribution in [-0.4, -0.2) is 14.7 Å². The molecule has 0 saturated carbocycles. The summed E-state index contributed by atoms with van der Waals surface area (Å²) in [5.41, 5.74) is 1.99. The van der Waals surface area contributed by atoms with E-state index in [1.807, 2.05) is 6.07 Å². The number of aromatic nitrogens is 2. The molecule has 112 valence electrons. The lowest BCUT2D eigenvalue weighted by atomic mass is 9.89. The molecule has 3 rings (SSSR count). The third-order valence-electron chi connectivity index (χ3n) is 3.73. The van der Waals surface area contributed by atoms with E-state index in [-0.39, 0.29) is 12.4 Å². The Morgan fingerprint density at radius 1 is 1.43 bits per heavy atom. The topological polar surface area (TPSA) is 47.3 Å². The molecule has 4 nitrogen and oxygen atoms in total. The molecule has 0 bridgehead atoms. The molecule has 1 atom stereocenters. The van der Waals surface area contributed by atoms with Gasteiger partial charge in [0.2, 0.25) is 0 Å². The molecule has 1 aromatic heterocycles. The molecular weight excluding hydrogens is 278 g/mol. The van der Waals surface area contributed by atoms with Gasteiger partial charge in [0.15, 0.2) is 5.82 Å². The van der Waals surface area contributed by atoms with Gasteiger partial charge < -0.3 is 9.84 Å². The molecule has 2 aromatic rings. The maximum Gasteiger partial charge on any atom is 0.320 e. The number of aliphatic hydroxyl groups is 1. The monoisotopic (exact) mass is 294 g/mol. The number of hydrogen-bond acceptors (Lipinski definition) is 3. The molecule has 1 N–H and O–H groups in total. The van der Waals surface area contributed by atoms with Gasteiger partial charge in [-0.15, -0.1) is 0 Å². The number of fused-ring (bicyclic) bond motifs is 1. The highest BCUT2D eigenvalue weighted by molar-refractivity contribution is 5.38. The summed E-state index contributed by atoms with van der Waals surface area (Å²) in [6, 6.07) is 5.51. The predicted octanol–water partition coefficient (Wildman–Crippen LogP) is 3.23. The highest BCUT2D eigenvalue weighted by atomic mass is 19.3. The first-order valence-corrected chi connectivity index (χ1v) is 6.88. The van der Waals surface area contributed by atoms with Gasteiger partial charge in [-0.2, -0.15) is 8.78 Å². The second kappa shape index (κ2) is 5.81. The third-order valence-corrected chi connectivity index (χ3v) is 3.73. The van der Waals surface area contributed by atoms with Gasteiger partial charge in [-0.3, -0.25) is 4.57 Å². The molecule has 21 heavy (non-hydrogen) atoms. The van der Waals surface area contributed by atoms with Gasteiger partial charge in [-0.25, -0.2) is 4.98 Å². The lowest BCUT2D eigenvalue weighted by molar-refractivity contribution is 0.0632. The third kappa shape index (κ3) is 2.90. The van der Waals surface area contributed by atoms with Crippen molar-refractivity contribution in [1.29, 1.82) is 0 Å². The highest BCUT2D eigenvalue weighted by Gasteiger charge is 2.18. The molecule has 0 spiro atoms. The fraction of sp³-hybridized carbons (Fsp3) is 0.400. The maximum atomic E-state index is 12.7. The Hall–Kier alpha value is -1.95. The Bertz CT molecular complexity index is 628. The van der Waals surface area contributed by atoms with E-state index >= 15 is 0 Å². The van der Waals surface area contributed by atoms with Gasteiger partial charge in [0, 0.05) is 12.4 Å². The van der Waals surface area contributed by atoms with E-state index in [0.717, 1.165) is 35.0 Å². The SMILES string of the molecule is O[C@H]1CCCc2ccc(OCc3nccn3C(F)F)cc21. The zero-order valence-corrected chi connectivity index (χ0v) is 11.4. The van der Waals surface area contributed by atoms with Crippen LogP contribution in [0.3, 0.4) is 0 Å². The summed E-state index contributed by atoms with van der Waals surface area (Å²) in [7, 11) is 0. The molecule has 0 fully saturated rings. The van der Waals surface area contributed by atoms with E-state index in [4.69, 9.17) is 4.74 Å². The van der Waals surface area contributed by atoms with E-state index in [2.05, 4.69) is 4.98 Å². The minimum absolute atomic E-state index is 0.0355. The summed E-state index contributed by atoms with van der Waals surface area (Å²) < 4.78 is 31.7.